The van der Waals surface area contributed by atoms with Crippen LogP contribution in [0.2, 0.25) is 0 Å². The van der Waals surface area contributed by atoms with E-state index in [-0.39, 0.29) is 18.0 Å². The standard InChI is InChI=1S/C15H23N3O4S/c1-11(2)16-23(20,21)17-14-6-4-13(5-7-14)15(19)18-8-9-22-10-12(18)3/h4-7,11-12,16-17H,8-10H2,1-3H3. The molecule has 1 atom stereocenters. The Morgan fingerprint density at radius 3 is 2.52 bits per heavy atom. The lowest BCUT2D eigenvalue weighted by Gasteiger charge is -2.33. The Kier molecular flexibility index (Phi) is 5.61. The molecule has 0 aliphatic carbocycles. The second-order valence-corrected chi connectivity index (χ2v) is 7.32. The summed E-state index contributed by atoms with van der Waals surface area (Å²) in [5, 5.41) is 0. The molecule has 1 aliphatic heterocycles. The quantitative estimate of drug-likeness (QED) is 0.842. The lowest BCUT2D eigenvalue weighted by Crippen LogP contribution is -2.47. The van der Waals surface area contributed by atoms with Crippen LogP contribution in [0.3, 0.4) is 0 Å². The smallest absolute Gasteiger partial charge is 0.299 e. The molecule has 8 heteroatoms. The average Bonchev–Trinajstić information content (AvgIpc) is 2.46. The molecule has 0 radical (unpaired) electrons. The van der Waals surface area contributed by atoms with Gasteiger partial charge in [-0.3, -0.25) is 9.52 Å². The van der Waals surface area contributed by atoms with E-state index in [1.54, 1.807) is 43.0 Å². The summed E-state index contributed by atoms with van der Waals surface area (Å²) in [4.78, 5) is 14.2. The average molecular weight is 341 g/mol. The second kappa shape index (κ2) is 7.29. The van der Waals surface area contributed by atoms with Crippen molar-refractivity contribution in [2.45, 2.75) is 32.9 Å². The Labute approximate surface area is 137 Å². The van der Waals surface area contributed by atoms with Crippen molar-refractivity contribution in [3.8, 4) is 0 Å². The van der Waals surface area contributed by atoms with Crippen LogP contribution in [-0.2, 0) is 14.9 Å². The summed E-state index contributed by atoms with van der Waals surface area (Å²) < 4.78 is 33.8. The number of carbonyl (C=O) groups excluding carboxylic acids is 1. The summed E-state index contributed by atoms with van der Waals surface area (Å²) in [6, 6.07) is 6.24. The van der Waals surface area contributed by atoms with Gasteiger partial charge >= 0.3 is 0 Å². The zero-order valence-electron chi connectivity index (χ0n) is 13.6. The molecule has 0 aromatic heterocycles. The predicted molar refractivity (Wildman–Crippen MR) is 88.6 cm³/mol. The van der Waals surface area contributed by atoms with Crippen molar-refractivity contribution in [2.75, 3.05) is 24.5 Å². The van der Waals surface area contributed by atoms with Crippen molar-refractivity contribution in [3.05, 3.63) is 29.8 Å². The lowest BCUT2D eigenvalue weighted by atomic mass is 10.1. The van der Waals surface area contributed by atoms with Crippen LogP contribution in [-0.4, -0.2) is 51.1 Å². The van der Waals surface area contributed by atoms with Crippen molar-refractivity contribution in [1.82, 2.24) is 9.62 Å². The van der Waals surface area contributed by atoms with Gasteiger partial charge in [-0.1, -0.05) is 0 Å². The fourth-order valence-corrected chi connectivity index (χ4v) is 3.50. The number of anilines is 1. The van der Waals surface area contributed by atoms with Crippen molar-refractivity contribution in [1.29, 1.82) is 0 Å². The predicted octanol–water partition coefficient (Wildman–Crippen LogP) is 1.20. The minimum absolute atomic E-state index is 0.0321. The zero-order valence-corrected chi connectivity index (χ0v) is 14.4. The first-order valence-corrected chi connectivity index (χ1v) is 9.05. The second-order valence-electron chi connectivity index (χ2n) is 5.88. The molecule has 0 bridgehead atoms. The van der Waals surface area contributed by atoms with E-state index >= 15 is 0 Å². The van der Waals surface area contributed by atoms with E-state index in [0.717, 1.165) is 0 Å². The molecule has 1 saturated heterocycles. The number of hydrogen-bond donors (Lipinski definition) is 2. The largest absolute Gasteiger partial charge is 0.377 e. The molecule has 1 unspecified atom stereocenters. The summed E-state index contributed by atoms with van der Waals surface area (Å²) in [6.45, 7) is 7.05. The summed E-state index contributed by atoms with van der Waals surface area (Å²) >= 11 is 0. The Balaban J connectivity index is 2.06. The van der Waals surface area contributed by atoms with Crippen LogP contribution < -0.4 is 9.44 Å². The molecule has 1 fully saturated rings. The third-order valence-electron chi connectivity index (χ3n) is 3.40. The molecule has 2 N–H and O–H groups in total. The van der Waals surface area contributed by atoms with Gasteiger partial charge in [-0.2, -0.15) is 13.1 Å². The van der Waals surface area contributed by atoms with Gasteiger partial charge in [0.05, 0.1) is 19.3 Å². The van der Waals surface area contributed by atoms with E-state index < -0.39 is 10.2 Å². The van der Waals surface area contributed by atoms with Crippen LogP contribution in [0.4, 0.5) is 5.69 Å². The van der Waals surface area contributed by atoms with Gasteiger partial charge in [0.25, 0.3) is 16.1 Å². The van der Waals surface area contributed by atoms with Gasteiger partial charge in [-0.05, 0) is 45.0 Å². The van der Waals surface area contributed by atoms with E-state index in [2.05, 4.69) is 9.44 Å². The number of hydrogen-bond acceptors (Lipinski definition) is 4. The van der Waals surface area contributed by atoms with Gasteiger partial charge in [-0.25, -0.2) is 0 Å². The summed E-state index contributed by atoms with van der Waals surface area (Å²) in [5.41, 5.74) is 0.934. The monoisotopic (exact) mass is 341 g/mol. The van der Waals surface area contributed by atoms with Crippen molar-refractivity contribution < 1.29 is 17.9 Å². The number of rotatable bonds is 5. The Hall–Kier alpha value is -1.64. The molecule has 7 nitrogen and oxygen atoms in total. The van der Waals surface area contributed by atoms with Crippen LogP contribution in [0, 0.1) is 0 Å². The van der Waals surface area contributed by atoms with Gasteiger partial charge in [0, 0.05) is 23.8 Å². The molecule has 1 heterocycles. The van der Waals surface area contributed by atoms with Crippen LogP contribution in [0.15, 0.2) is 24.3 Å². The number of ether oxygens (including phenoxy) is 1. The third kappa shape index (κ3) is 4.92. The molecule has 0 spiro atoms. The first-order valence-electron chi connectivity index (χ1n) is 7.57. The number of benzene rings is 1. The first-order chi connectivity index (χ1) is 10.8. The van der Waals surface area contributed by atoms with Crippen molar-refractivity contribution in [2.24, 2.45) is 0 Å². The van der Waals surface area contributed by atoms with Crippen molar-refractivity contribution >= 4 is 21.8 Å². The number of carbonyl (C=O) groups is 1. The van der Waals surface area contributed by atoms with E-state index in [0.29, 0.717) is 31.0 Å². The van der Waals surface area contributed by atoms with Gasteiger partial charge in [-0.15, -0.1) is 0 Å². The van der Waals surface area contributed by atoms with Gasteiger partial charge in [0.1, 0.15) is 0 Å². The highest BCUT2D eigenvalue weighted by Crippen LogP contribution is 2.15. The van der Waals surface area contributed by atoms with Crippen LogP contribution >= 0.6 is 0 Å². The minimum Gasteiger partial charge on any atom is -0.377 e. The Morgan fingerprint density at radius 2 is 1.96 bits per heavy atom. The summed E-state index contributed by atoms with van der Waals surface area (Å²) in [5.74, 6) is -0.0736. The van der Waals surface area contributed by atoms with Crippen LogP contribution in [0.1, 0.15) is 31.1 Å². The molecule has 1 aromatic rings. The fourth-order valence-electron chi connectivity index (χ4n) is 2.37. The van der Waals surface area contributed by atoms with Gasteiger partial charge < -0.3 is 9.64 Å². The van der Waals surface area contributed by atoms with Crippen LogP contribution in [0.25, 0.3) is 0 Å². The van der Waals surface area contributed by atoms with E-state index in [9.17, 15) is 13.2 Å². The number of amides is 1. The lowest BCUT2D eigenvalue weighted by molar-refractivity contribution is 0.00359. The molecule has 23 heavy (non-hydrogen) atoms. The van der Waals surface area contributed by atoms with E-state index in [4.69, 9.17) is 4.74 Å². The highest BCUT2D eigenvalue weighted by molar-refractivity contribution is 7.90. The zero-order chi connectivity index (χ0) is 17.0. The first kappa shape index (κ1) is 17.7. The maximum absolute atomic E-state index is 12.5. The Bertz CT molecular complexity index is 643. The Morgan fingerprint density at radius 1 is 1.30 bits per heavy atom. The van der Waals surface area contributed by atoms with Crippen molar-refractivity contribution in [3.63, 3.8) is 0 Å². The minimum atomic E-state index is -3.61. The number of nitrogens with one attached hydrogen (secondary N) is 2. The molecule has 0 saturated carbocycles. The fraction of sp³-hybridized carbons (Fsp3) is 0.533. The maximum Gasteiger partial charge on any atom is 0.299 e. The molecular weight excluding hydrogens is 318 g/mol. The number of morpholine rings is 1. The highest BCUT2D eigenvalue weighted by atomic mass is 32.2. The molecular formula is C15H23N3O4S. The van der Waals surface area contributed by atoms with Crippen LogP contribution in [0.5, 0.6) is 0 Å². The SMILES string of the molecule is CC(C)NS(=O)(=O)Nc1ccc(C(=O)N2CCOCC2C)cc1. The summed E-state index contributed by atoms with van der Waals surface area (Å²) in [7, 11) is -3.61. The number of nitrogens with zero attached hydrogens (tertiary/aromatic N) is 1. The summed E-state index contributed by atoms with van der Waals surface area (Å²) in [6.07, 6.45) is 0. The van der Waals surface area contributed by atoms with Gasteiger partial charge in [0.2, 0.25) is 0 Å². The molecule has 1 aliphatic rings. The maximum atomic E-state index is 12.5. The molecule has 1 amide bonds. The van der Waals surface area contributed by atoms with Gasteiger partial charge in [0.15, 0.2) is 0 Å². The third-order valence-corrected chi connectivity index (χ3v) is 4.69. The highest BCUT2D eigenvalue weighted by Gasteiger charge is 2.24. The topological polar surface area (TPSA) is 87.7 Å². The molecule has 1 aromatic carbocycles. The van der Waals surface area contributed by atoms with E-state index in [1.807, 2.05) is 6.92 Å². The molecule has 2 rings (SSSR count). The van der Waals surface area contributed by atoms with E-state index in [1.165, 1.54) is 0 Å². The normalized spacial score (nSPS) is 19.0. The molecule has 128 valence electrons.